The first-order valence-electron chi connectivity index (χ1n) is 9.40. The first-order valence-corrected chi connectivity index (χ1v) is 10.8. The van der Waals surface area contributed by atoms with Gasteiger partial charge in [0.2, 0.25) is 5.91 Å². The molecule has 3 rings (SSSR count). The highest BCUT2D eigenvalue weighted by atomic mass is 32.2. The lowest BCUT2D eigenvalue weighted by atomic mass is 9.93. The van der Waals surface area contributed by atoms with Gasteiger partial charge in [0, 0.05) is 32.1 Å². The van der Waals surface area contributed by atoms with Crippen molar-refractivity contribution < 1.29 is 17.4 Å². The van der Waals surface area contributed by atoms with Gasteiger partial charge < -0.3 is 9.08 Å². The summed E-state index contributed by atoms with van der Waals surface area (Å²) in [5.41, 5.74) is 1.04. The van der Waals surface area contributed by atoms with Crippen LogP contribution < -0.4 is 4.18 Å². The normalized spacial score (nSPS) is 23.0. The number of rotatable bonds is 4. The Morgan fingerprint density at radius 3 is 2.35 bits per heavy atom. The maximum absolute atomic E-state index is 12.7. The lowest BCUT2D eigenvalue weighted by Gasteiger charge is -2.36. The quantitative estimate of drug-likeness (QED) is 0.805. The van der Waals surface area contributed by atoms with E-state index in [4.69, 9.17) is 4.18 Å². The van der Waals surface area contributed by atoms with Gasteiger partial charge in [-0.15, -0.1) is 0 Å². The van der Waals surface area contributed by atoms with Gasteiger partial charge in [0.1, 0.15) is 5.75 Å². The minimum absolute atomic E-state index is 0.0777. The molecule has 2 aliphatic rings. The number of amides is 1. The summed E-state index contributed by atoms with van der Waals surface area (Å²) in [5.74, 6) is 0.978. The molecule has 1 atom stereocenters. The van der Waals surface area contributed by atoms with Crippen LogP contribution in [0.4, 0.5) is 0 Å². The molecule has 0 N–H and O–H groups in total. The number of piperidine rings is 2. The summed E-state index contributed by atoms with van der Waals surface area (Å²) in [7, 11) is -3.82. The smallest absolute Gasteiger partial charge is 0.371 e. The Labute approximate surface area is 156 Å². The number of likely N-dealkylation sites (tertiary alicyclic amines) is 1. The molecule has 144 valence electrons. The molecule has 1 aromatic carbocycles. The van der Waals surface area contributed by atoms with Gasteiger partial charge in [0.25, 0.3) is 0 Å². The summed E-state index contributed by atoms with van der Waals surface area (Å²) < 4.78 is 31.5. The molecule has 6 nitrogen and oxygen atoms in total. The first kappa shape index (κ1) is 19.2. The molecule has 0 bridgehead atoms. The second-order valence-electron chi connectivity index (χ2n) is 7.56. The van der Waals surface area contributed by atoms with Crippen molar-refractivity contribution in [3.63, 3.8) is 0 Å². The average molecular weight is 381 g/mol. The Hall–Kier alpha value is -1.60. The van der Waals surface area contributed by atoms with Gasteiger partial charge in [0.05, 0.1) is 0 Å². The second kappa shape index (κ2) is 7.96. The summed E-state index contributed by atoms with van der Waals surface area (Å²) in [6.45, 7) is 6.42. The van der Waals surface area contributed by atoms with Crippen molar-refractivity contribution in [2.75, 3.05) is 26.2 Å². The number of carbonyl (C=O) groups is 1. The number of hydrogen-bond acceptors (Lipinski definition) is 4. The van der Waals surface area contributed by atoms with Gasteiger partial charge in [-0.3, -0.25) is 4.79 Å². The number of aryl methyl sites for hydroxylation is 1. The molecule has 1 unspecified atom stereocenters. The zero-order valence-corrected chi connectivity index (χ0v) is 16.4. The van der Waals surface area contributed by atoms with E-state index in [1.807, 2.05) is 24.0 Å². The molecular weight excluding hydrogens is 352 g/mol. The lowest BCUT2D eigenvalue weighted by Crippen LogP contribution is -2.47. The van der Waals surface area contributed by atoms with Crippen LogP contribution in [0.5, 0.6) is 5.75 Å². The highest BCUT2D eigenvalue weighted by Crippen LogP contribution is 2.26. The van der Waals surface area contributed by atoms with E-state index in [1.54, 1.807) is 12.1 Å². The van der Waals surface area contributed by atoms with Gasteiger partial charge in [-0.2, -0.15) is 12.7 Å². The standard InChI is InChI=1S/C19H28N2O4S/c1-15-5-7-18(8-6-15)25-26(23,24)21-12-9-17(10-13-21)19(22)20-11-3-4-16(2)14-20/h5-8,16-17H,3-4,9-14H2,1-2H3. The van der Waals surface area contributed by atoms with Crippen LogP contribution in [0, 0.1) is 18.8 Å². The topological polar surface area (TPSA) is 66.9 Å². The van der Waals surface area contributed by atoms with Gasteiger partial charge in [-0.1, -0.05) is 24.6 Å². The Morgan fingerprint density at radius 1 is 1.08 bits per heavy atom. The van der Waals surface area contributed by atoms with E-state index >= 15 is 0 Å². The van der Waals surface area contributed by atoms with E-state index in [9.17, 15) is 13.2 Å². The van der Waals surface area contributed by atoms with Crippen LogP contribution >= 0.6 is 0 Å². The SMILES string of the molecule is Cc1ccc(OS(=O)(=O)N2CCC(C(=O)N3CCCC(C)C3)CC2)cc1. The zero-order valence-electron chi connectivity index (χ0n) is 15.6. The number of carbonyl (C=O) groups excluding carboxylic acids is 1. The summed E-state index contributed by atoms with van der Waals surface area (Å²) in [6, 6.07) is 6.94. The fraction of sp³-hybridized carbons (Fsp3) is 0.632. The van der Waals surface area contributed by atoms with Crippen molar-refractivity contribution in [3.8, 4) is 5.75 Å². The van der Waals surface area contributed by atoms with E-state index < -0.39 is 10.3 Å². The van der Waals surface area contributed by atoms with Crippen LogP contribution in [-0.2, 0) is 15.1 Å². The molecule has 0 spiro atoms. The third-order valence-electron chi connectivity index (χ3n) is 5.31. The summed E-state index contributed by atoms with van der Waals surface area (Å²) >= 11 is 0. The molecule has 0 aliphatic carbocycles. The third kappa shape index (κ3) is 4.57. The van der Waals surface area contributed by atoms with Crippen molar-refractivity contribution in [2.24, 2.45) is 11.8 Å². The van der Waals surface area contributed by atoms with Crippen molar-refractivity contribution in [1.82, 2.24) is 9.21 Å². The third-order valence-corrected chi connectivity index (χ3v) is 6.71. The fourth-order valence-corrected chi connectivity index (χ4v) is 4.86. The van der Waals surface area contributed by atoms with E-state index in [2.05, 4.69) is 6.92 Å². The Kier molecular flexibility index (Phi) is 5.87. The van der Waals surface area contributed by atoms with Crippen LogP contribution in [0.1, 0.15) is 38.2 Å². The maximum Gasteiger partial charge on any atom is 0.385 e. The van der Waals surface area contributed by atoms with Crippen LogP contribution in [0.3, 0.4) is 0 Å². The molecule has 1 aromatic rings. The number of nitrogens with zero attached hydrogens (tertiary/aromatic N) is 2. The molecule has 1 amide bonds. The van der Waals surface area contributed by atoms with Crippen LogP contribution in [0.2, 0.25) is 0 Å². The predicted octanol–water partition coefficient (Wildman–Crippen LogP) is 2.59. The highest BCUT2D eigenvalue weighted by Gasteiger charge is 2.35. The molecule has 0 saturated carbocycles. The molecule has 2 aliphatic heterocycles. The predicted molar refractivity (Wildman–Crippen MR) is 100 cm³/mol. The Bertz CT molecular complexity index is 724. The van der Waals surface area contributed by atoms with Crippen LogP contribution in [-0.4, -0.2) is 49.7 Å². The van der Waals surface area contributed by atoms with Crippen molar-refractivity contribution in [3.05, 3.63) is 29.8 Å². The maximum atomic E-state index is 12.7. The van der Waals surface area contributed by atoms with Crippen molar-refractivity contribution in [2.45, 2.75) is 39.5 Å². The van der Waals surface area contributed by atoms with Crippen molar-refractivity contribution in [1.29, 1.82) is 0 Å². The lowest BCUT2D eigenvalue weighted by molar-refractivity contribution is -0.138. The second-order valence-corrected chi connectivity index (χ2v) is 9.10. The first-order chi connectivity index (χ1) is 12.3. The zero-order chi connectivity index (χ0) is 18.7. The van der Waals surface area contributed by atoms with E-state index in [-0.39, 0.29) is 11.8 Å². The number of hydrogen-bond donors (Lipinski definition) is 0. The average Bonchev–Trinajstić information content (AvgIpc) is 2.63. The fourth-order valence-electron chi connectivity index (χ4n) is 3.74. The molecule has 2 heterocycles. The van der Waals surface area contributed by atoms with E-state index in [0.717, 1.165) is 25.1 Å². The van der Waals surface area contributed by atoms with Gasteiger partial charge in [0.15, 0.2) is 0 Å². The number of benzene rings is 1. The molecule has 2 fully saturated rings. The van der Waals surface area contributed by atoms with E-state index in [1.165, 1.54) is 10.7 Å². The molecule has 0 aromatic heterocycles. The van der Waals surface area contributed by atoms with Crippen molar-refractivity contribution >= 4 is 16.2 Å². The molecular formula is C19H28N2O4S. The highest BCUT2D eigenvalue weighted by molar-refractivity contribution is 7.84. The minimum Gasteiger partial charge on any atom is -0.371 e. The monoisotopic (exact) mass is 380 g/mol. The molecule has 0 radical (unpaired) electrons. The van der Waals surface area contributed by atoms with Crippen LogP contribution in [0.25, 0.3) is 0 Å². The Morgan fingerprint density at radius 2 is 1.73 bits per heavy atom. The summed E-state index contributed by atoms with van der Waals surface area (Å²) in [4.78, 5) is 14.7. The Balaban J connectivity index is 1.55. The molecule has 26 heavy (non-hydrogen) atoms. The van der Waals surface area contributed by atoms with Gasteiger partial charge >= 0.3 is 10.3 Å². The summed E-state index contributed by atoms with van der Waals surface area (Å²) in [5, 5.41) is 0. The van der Waals surface area contributed by atoms with Gasteiger partial charge in [-0.05, 0) is 50.7 Å². The molecule has 2 saturated heterocycles. The summed E-state index contributed by atoms with van der Waals surface area (Å²) in [6.07, 6.45) is 3.35. The largest absolute Gasteiger partial charge is 0.385 e. The van der Waals surface area contributed by atoms with Gasteiger partial charge in [-0.25, -0.2) is 0 Å². The van der Waals surface area contributed by atoms with Crippen LogP contribution in [0.15, 0.2) is 24.3 Å². The molecule has 7 heteroatoms. The van der Waals surface area contributed by atoms with E-state index in [0.29, 0.717) is 37.6 Å². The minimum atomic E-state index is -3.82.